The van der Waals surface area contributed by atoms with Crippen LogP contribution in [-0.2, 0) is 0 Å². The molecule has 0 saturated heterocycles. The molecule has 0 radical (unpaired) electrons. The second-order valence-electron chi connectivity index (χ2n) is 8.09. The molecule has 3 aromatic heterocycles. The number of nitrogens with one attached hydrogen (secondary N) is 1. The molecule has 1 fully saturated rings. The molecule has 4 N–H and O–H groups in total. The minimum atomic E-state index is -0.250. The van der Waals surface area contributed by atoms with E-state index in [0.29, 0.717) is 22.7 Å². The molecule has 1 atom stereocenters. The van der Waals surface area contributed by atoms with Crippen LogP contribution in [-0.4, -0.2) is 30.6 Å². The van der Waals surface area contributed by atoms with Gasteiger partial charge in [0.05, 0.1) is 22.3 Å². The summed E-state index contributed by atoms with van der Waals surface area (Å²) in [7, 11) is 0. The summed E-state index contributed by atoms with van der Waals surface area (Å²) in [4.78, 5) is 12.8. The number of para-hydroxylation sites is 1. The zero-order chi connectivity index (χ0) is 20.1. The predicted octanol–water partition coefficient (Wildman–Crippen LogP) is 4.77. The summed E-state index contributed by atoms with van der Waals surface area (Å²) in [5.74, 6) is 2.18. The van der Waals surface area contributed by atoms with Gasteiger partial charge in [-0.1, -0.05) is 23.7 Å². The monoisotopic (exact) mass is 409 g/mol. The van der Waals surface area contributed by atoms with Gasteiger partial charge in [0.25, 0.3) is 0 Å². The lowest BCUT2D eigenvalue weighted by atomic mass is 9.79. The number of fused-ring (bicyclic) bond motifs is 2. The molecule has 1 aliphatic rings. The molecule has 0 amide bonds. The number of hydrogen-bond acceptors (Lipinski definition) is 4. The minimum absolute atomic E-state index is 0.250. The minimum Gasteiger partial charge on any atom is -0.393 e. The fraction of sp³-hybridized carbons (Fsp3) is 0.364. The first-order chi connectivity index (χ1) is 14.0. The van der Waals surface area contributed by atoms with E-state index in [1.54, 1.807) is 6.20 Å². The average Bonchev–Trinajstić information content (AvgIpc) is 3.31. The fourth-order valence-corrected chi connectivity index (χ4v) is 4.90. The molecule has 4 aromatic rings. The number of nitrogen functional groups attached to an aromatic ring is 1. The Morgan fingerprint density at radius 2 is 2.07 bits per heavy atom. The first kappa shape index (κ1) is 18.5. The van der Waals surface area contributed by atoms with Crippen molar-refractivity contribution >= 4 is 33.8 Å². The molecule has 1 unspecified atom stereocenters. The molecule has 0 bridgehead atoms. The second kappa shape index (κ2) is 7.04. The van der Waals surface area contributed by atoms with Gasteiger partial charge in [-0.15, -0.1) is 0 Å². The van der Waals surface area contributed by atoms with Crippen molar-refractivity contribution in [2.75, 3.05) is 5.73 Å². The van der Waals surface area contributed by atoms with Gasteiger partial charge in [-0.25, -0.2) is 9.97 Å². The lowest BCUT2D eigenvalue weighted by molar-refractivity contribution is 0.0960. The van der Waals surface area contributed by atoms with Crippen LogP contribution in [0.1, 0.15) is 44.3 Å². The topological polar surface area (TPSA) is 92.2 Å². The number of imidazole rings is 1. The number of hydrogen-bond donors (Lipinski definition) is 3. The van der Waals surface area contributed by atoms with Crippen LogP contribution in [0.25, 0.3) is 27.8 Å². The lowest BCUT2D eigenvalue weighted by Gasteiger charge is -2.29. The molecule has 6 nitrogen and oxygen atoms in total. The number of nitrogens with two attached hydrogens (primary N) is 1. The molecular weight excluding hydrogens is 386 g/mol. The number of halogens is 1. The van der Waals surface area contributed by atoms with Gasteiger partial charge < -0.3 is 15.8 Å². The second-order valence-corrected chi connectivity index (χ2v) is 8.50. The van der Waals surface area contributed by atoms with E-state index in [-0.39, 0.29) is 6.10 Å². The number of anilines is 1. The molecule has 1 aliphatic carbocycles. The van der Waals surface area contributed by atoms with E-state index in [1.165, 1.54) is 0 Å². The smallest absolute Gasteiger partial charge is 0.150 e. The Labute approximate surface area is 173 Å². The third-order valence-electron chi connectivity index (χ3n) is 6.29. The van der Waals surface area contributed by atoms with Crippen molar-refractivity contribution in [2.45, 2.75) is 44.6 Å². The van der Waals surface area contributed by atoms with Gasteiger partial charge in [0.15, 0.2) is 0 Å². The maximum atomic E-state index is 9.93. The molecule has 29 heavy (non-hydrogen) atoms. The number of benzene rings is 1. The fourth-order valence-electron chi connectivity index (χ4n) is 4.67. The zero-order valence-corrected chi connectivity index (χ0v) is 17.0. The van der Waals surface area contributed by atoms with E-state index in [1.807, 2.05) is 31.3 Å². The molecule has 150 valence electrons. The van der Waals surface area contributed by atoms with Crippen molar-refractivity contribution in [1.82, 2.24) is 19.4 Å². The zero-order valence-electron chi connectivity index (χ0n) is 16.3. The number of H-pyrrole nitrogens is 1. The van der Waals surface area contributed by atoms with Gasteiger partial charge in [-0.3, -0.25) is 4.40 Å². The third kappa shape index (κ3) is 3.07. The summed E-state index contributed by atoms with van der Waals surface area (Å²) < 4.78 is 2.08. The highest BCUT2D eigenvalue weighted by molar-refractivity contribution is 6.35. The number of rotatable bonds is 3. The molecule has 3 heterocycles. The number of aliphatic hydroxyl groups is 1. The van der Waals surface area contributed by atoms with Crippen LogP contribution >= 0.6 is 11.6 Å². The maximum Gasteiger partial charge on any atom is 0.150 e. The van der Waals surface area contributed by atoms with E-state index in [2.05, 4.69) is 20.4 Å². The van der Waals surface area contributed by atoms with Gasteiger partial charge in [0.2, 0.25) is 0 Å². The van der Waals surface area contributed by atoms with E-state index >= 15 is 0 Å². The number of aliphatic hydroxyl groups excluding tert-OH is 1. The van der Waals surface area contributed by atoms with Gasteiger partial charge in [0.1, 0.15) is 22.9 Å². The summed E-state index contributed by atoms with van der Waals surface area (Å²) >= 11 is 6.36. The van der Waals surface area contributed by atoms with Gasteiger partial charge in [-0.05, 0) is 50.7 Å². The predicted molar refractivity (Wildman–Crippen MR) is 116 cm³/mol. The van der Waals surface area contributed by atoms with Crippen LogP contribution in [0, 0.1) is 5.92 Å². The summed E-state index contributed by atoms with van der Waals surface area (Å²) in [6.45, 7) is 1.89. The van der Waals surface area contributed by atoms with Crippen LogP contribution in [0.3, 0.4) is 0 Å². The summed E-state index contributed by atoms with van der Waals surface area (Å²) in [6.07, 6.45) is 7.45. The Bertz CT molecular complexity index is 1190. The highest BCUT2D eigenvalue weighted by atomic mass is 35.5. The Morgan fingerprint density at radius 1 is 1.28 bits per heavy atom. The van der Waals surface area contributed by atoms with Crippen molar-refractivity contribution in [2.24, 2.45) is 5.92 Å². The van der Waals surface area contributed by atoms with Crippen LogP contribution in [0.15, 0.2) is 36.7 Å². The SMILES string of the molecule is CC(O)[C@H]1CC[C@H](c2nc(-c3cc4cccc(Cl)c4[nH]3)c3c(N)nccn32)CC1. The van der Waals surface area contributed by atoms with E-state index < -0.39 is 0 Å². The standard InChI is InChI=1S/C22H24ClN5O/c1-12(29)13-5-7-14(8-6-13)22-27-19(20-21(24)25-9-10-28(20)22)17-11-15-3-2-4-16(23)18(15)26-17/h2-4,9-14,26,29H,5-8H2,1H3,(H2,24,25)/t12?,13-,14-. The largest absolute Gasteiger partial charge is 0.393 e. The highest BCUT2D eigenvalue weighted by Crippen LogP contribution is 2.39. The molecule has 0 spiro atoms. The number of aromatic nitrogens is 4. The summed E-state index contributed by atoms with van der Waals surface area (Å²) in [5, 5.41) is 11.6. The highest BCUT2D eigenvalue weighted by Gasteiger charge is 2.29. The van der Waals surface area contributed by atoms with Gasteiger partial charge in [-0.2, -0.15) is 0 Å². The van der Waals surface area contributed by atoms with Crippen LogP contribution < -0.4 is 5.73 Å². The number of nitrogens with zero attached hydrogens (tertiary/aromatic N) is 3. The van der Waals surface area contributed by atoms with Gasteiger partial charge in [0, 0.05) is 23.7 Å². The van der Waals surface area contributed by atoms with Crippen molar-refractivity contribution in [3.05, 3.63) is 47.5 Å². The van der Waals surface area contributed by atoms with Crippen molar-refractivity contribution in [3.63, 3.8) is 0 Å². The third-order valence-corrected chi connectivity index (χ3v) is 6.61. The van der Waals surface area contributed by atoms with Gasteiger partial charge >= 0.3 is 0 Å². The molecule has 7 heteroatoms. The molecule has 1 saturated carbocycles. The van der Waals surface area contributed by atoms with Crippen molar-refractivity contribution in [3.8, 4) is 11.4 Å². The van der Waals surface area contributed by atoms with Crippen LogP contribution in [0.4, 0.5) is 5.82 Å². The number of aromatic amines is 1. The van der Waals surface area contributed by atoms with E-state index in [4.69, 9.17) is 22.3 Å². The van der Waals surface area contributed by atoms with E-state index in [9.17, 15) is 5.11 Å². The molecular formula is C22H24ClN5O. The van der Waals surface area contributed by atoms with E-state index in [0.717, 1.165) is 59.3 Å². The Morgan fingerprint density at radius 3 is 2.79 bits per heavy atom. The van der Waals surface area contributed by atoms with Crippen molar-refractivity contribution in [1.29, 1.82) is 0 Å². The van der Waals surface area contributed by atoms with Crippen LogP contribution in [0.5, 0.6) is 0 Å². The first-order valence-electron chi connectivity index (χ1n) is 10.1. The Hall–Kier alpha value is -2.57. The quantitative estimate of drug-likeness (QED) is 0.454. The molecule has 1 aromatic carbocycles. The molecule has 0 aliphatic heterocycles. The first-order valence-corrected chi connectivity index (χ1v) is 10.5. The average molecular weight is 410 g/mol. The summed E-state index contributed by atoms with van der Waals surface area (Å²) in [6, 6.07) is 7.90. The lowest BCUT2D eigenvalue weighted by Crippen LogP contribution is -2.23. The van der Waals surface area contributed by atoms with Crippen molar-refractivity contribution < 1.29 is 5.11 Å². The van der Waals surface area contributed by atoms with Crippen LogP contribution in [0.2, 0.25) is 5.02 Å². The maximum absolute atomic E-state index is 9.93. The Balaban J connectivity index is 1.62. The summed E-state index contributed by atoms with van der Waals surface area (Å²) in [5.41, 5.74) is 9.68. The normalized spacial score (nSPS) is 21.1. The molecule has 5 rings (SSSR count). The Kier molecular flexibility index (Phi) is 4.48.